The number of nitrogens with zero attached hydrogens (tertiary/aromatic N) is 3. The molecule has 9 heteroatoms. The number of anilines is 2. The summed E-state index contributed by atoms with van der Waals surface area (Å²) in [6, 6.07) is 7.00. The standard InChI is InChI=1S/C21H27ClN6O2/c1-5-16(13-25-20-7-6-15(22)12-24-20)28(3)21(29)17-11-19(30-4)14(2)10-18(17)27-26-9-8-23/h6-12,16,23,27H,5,13H2,1-4H3,(H,24,25)/b23-8?,26-9-. The van der Waals surface area contributed by atoms with Gasteiger partial charge < -0.3 is 20.4 Å². The van der Waals surface area contributed by atoms with Gasteiger partial charge in [-0.1, -0.05) is 18.5 Å². The fraction of sp³-hybridized carbons (Fsp3) is 0.333. The van der Waals surface area contributed by atoms with Crippen molar-refractivity contribution in [2.75, 3.05) is 31.4 Å². The second-order valence-electron chi connectivity index (χ2n) is 6.64. The molecular formula is C21H27ClN6O2. The van der Waals surface area contributed by atoms with Crippen LogP contribution in [0.3, 0.4) is 0 Å². The lowest BCUT2D eigenvalue weighted by molar-refractivity contribution is 0.0736. The average Bonchev–Trinajstić information content (AvgIpc) is 2.75. The molecular weight excluding hydrogens is 404 g/mol. The second-order valence-corrected chi connectivity index (χ2v) is 7.08. The molecule has 1 aromatic heterocycles. The van der Waals surface area contributed by atoms with Gasteiger partial charge in [0.05, 0.1) is 29.6 Å². The number of aromatic nitrogens is 1. The zero-order valence-electron chi connectivity index (χ0n) is 17.6. The number of aryl methyl sites for hydroxylation is 1. The highest BCUT2D eigenvalue weighted by Crippen LogP contribution is 2.28. The predicted molar refractivity (Wildman–Crippen MR) is 123 cm³/mol. The van der Waals surface area contributed by atoms with Crippen molar-refractivity contribution in [1.29, 1.82) is 5.41 Å². The van der Waals surface area contributed by atoms with Crippen LogP contribution in [0.5, 0.6) is 5.75 Å². The Hall–Kier alpha value is -3.13. The summed E-state index contributed by atoms with van der Waals surface area (Å²) < 4.78 is 5.39. The van der Waals surface area contributed by atoms with E-state index in [0.29, 0.717) is 34.4 Å². The Balaban J connectivity index is 2.23. The van der Waals surface area contributed by atoms with Crippen LogP contribution >= 0.6 is 11.6 Å². The Bertz CT molecular complexity index is 901. The molecule has 30 heavy (non-hydrogen) atoms. The molecule has 0 aliphatic heterocycles. The van der Waals surface area contributed by atoms with E-state index >= 15 is 0 Å². The van der Waals surface area contributed by atoms with Gasteiger partial charge in [0.1, 0.15) is 11.6 Å². The number of rotatable bonds is 10. The highest BCUT2D eigenvalue weighted by molar-refractivity contribution is 6.30. The largest absolute Gasteiger partial charge is 0.496 e. The van der Waals surface area contributed by atoms with Crippen molar-refractivity contribution in [3.8, 4) is 5.75 Å². The molecule has 1 amide bonds. The number of carbonyl (C=O) groups is 1. The van der Waals surface area contributed by atoms with E-state index in [9.17, 15) is 4.79 Å². The molecule has 0 radical (unpaired) electrons. The minimum atomic E-state index is -0.168. The van der Waals surface area contributed by atoms with Gasteiger partial charge in [-0.25, -0.2) is 4.98 Å². The number of benzene rings is 1. The van der Waals surface area contributed by atoms with E-state index in [4.69, 9.17) is 21.7 Å². The lowest BCUT2D eigenvalue weighted by Crippen LogP contribution is -2.41. The van der Waals surface area contributed by atoms with Gasteiger partial charge in [0.2, 0.25) is 0 Å². The van der Waals surface area contributed by atoms with Crippen molar-refractivity contribution >= 4 is 41.4 Å². The van der Waals surface area contributed by atoms with E-state index in [1.54, 1.807) is 49.5 Å². The van der Waals surface area contributed by atoms with Crippen LogP contribution in [0.1, 0.15) is 29.3 Å². The average molecular weight is 431 g/mol. The van der Waals surface area contributed by atoms with Crippen LogP contribution in [0, 0.1) is 12.3 Å². The van der Waals surface area contributed by atoms with E-state index < -0.39 is 0 Å². The SMILES string of the molecule is CCC(CNc1ccc(Cl)cn1)N(C)C(=O)c1cc(OC)c(C)cc1N/N=C\C=N. The predicted octanol–water partition coefficient (Wildman–Crippen LogP) is 4.06. The number of nitrogens with one attached hydrogen (secondary N) is 3. The summed E-state index contributed by atoms with van der Waals surface area (Å²) >= 11 is 5.88. The molecule has 1 heterocycles. The van der Waals surface area contributed by atoms with Gasteiger partial charge in [0, 0.05) is 32.0 Å². The van der Waals surface area contributed by atoms with Crippen molar-refractivity contribution in [1.82, 2.24) is 9.88 Å². The summed E-state index contributed by atoms with van der Waals surface area (Å²) in [5.74, 6) is 1.14. The minimum absolute atomic E-state index is 0.0693. The lowest BCUT2D eigenvalue weighted by atomic mass is 10.1. The smallest absolute Gasteiger partial charge is 0.256 e. The molecule has 0 aliphatic rings. The van der Waals surface area contributed by atoms with Crippen LogP contribution in [0.15, 0.2) is 35.6 Å². The van der Waals surface area contributed by atoms with Gasteiger partial charge in [0.15, 0.2) is 0 Å². The molecule has 0 spiro atoms. The molecule has 1 aromatic carbocycles. The molecule has 2 aromatic rings. The Morgan fingerprint density at radius 2 is 2.20 bits per heavy atom. The van der Waals surface area contributed by atoms with E-state index in [1.165, 1.54) is 6.21 Å². The first-order valence-electron chi connectivity index (χ1n) is 9.50. The number of halogens is 1. The third-order valence-electron chi connectivity index (χ3n) is 4.69. The highest BCUT2D eigenvalue weighted by Gasteiger charge is 2.23. The molecule has 160 valence electrons. The van der Waals surface area contributed by atoms with Gasteiger partial charge in [-0.2, -0.15) is 5.10 Å². The number of pyridine rings is 1. The Kier molecular flexibility index (Phi) is 8.61. The highest BCUT2D eigenvalue weighted by atomic mass is 35.5. The normalized spacial score (nSPS) is 11.8. The number of methoxy groups -OCH3 is 1. The summed E-state index contributed by atoms with van der Waals surface area (Å²) in [6.45, 7) is 4.44. The van der Waals surface area contributed by atoms with E-state index in [0.717, 1.165) is 18.2 Å². The number of hydrazone groups is 1. The molecule has 1 atom stereocenters. The lowest BCUT2D eigenvalue weighted by Gasteiger charge is -2.28. The van der Waals surface area contributed by atoms with Crippen molar-refractivity contribution in [3.05, 3.63) is 46.6 Å². The van der Waals surface area contributed by atoms with Gasteiger partial charge >= 0.3 is 0 Å². The molecule has 3 N–H and O–H groups in total. The van der Waals surface area contributed by atoms with Crippen molar-refractivity contribution in [2.24, 2.45) is 5.10 Å². The van der Waals surface area contributed by atoms with Crippen LogP contribution in [0.2, 0.25) is 5.02 Å². The van der Waals surface area contributed by atoms with E-state index in [-0.39, 0.29) is 11.9 Å². The van der Waals surface area contributed by atoms with Crippen LogP contribution in [-0.2, 0) is 0 Å². The van der Waals surface area contributed by atoms with Crippen molar-refractivity contribution < 1.29 is 9.53 Å². The summed E-state index contributed by atoms with van der Waals surface area (Å²) in [7, 11) is 3.34. The third kappa shape index (κ3) is 5.93. The molecule has 0 aliphatic carbocycles. The third-order valence-corrected chi connectivity index (χ3v) is 4.91. The maximum absolute atomic E-state index is 13.3. The molecule has 1 unspecified atom stereocenters. The van der Waals surface area contributed by atoms with Gasteiger partial charge in [0.25, 0.3) is 5.91 Å². The number of hydrogen-bond acceptors (Lipinski definition) is 7. The van der Waals surface area contributed by atoms with Crippen LogP contribution in [0.25, 0.3) is 0 Å². The van der Waals surface area contributed by atoms with Crippen LogP contribution < -0.4 is 15.5 Å². The Labute approximate surface area is 181 Å². The van der Waals surface area contributed by atoms with E-state index in [2.05, 4.69) is 20.8 Å². The van der Waals surface area contributed by atoms with Gasteiger partial charge in [-0.05, 0) is 43.2 Å². The van der Waals surface area contributed by atoms with Gasteiger partial charge in [-0.3, -0.25) is 10.2 Å². The zero-order chi connectivity index (χ0) is 22.1. The molecule has 0 fully saturated rings. The topological polar surface area (TPSA) is 103 Å². The number of carbonyl (C=O) groups excluding carboxylic acids is 1. The minimum Gasteiger partial charge on any atom is -0.496 e. The summed E-state index contributed by atoms with van der Waals surface area (Å²) in [5, 5.41) is 14.8. The van der Waals surface area contributed by atoms with Crippen molar-refractivity contribution in [3.63, 3.8) is 0 Å². The molecule has 8 nitrogen and oxygen atoms in total. The number of amides is 1. The first-order chi connectivity index (χ1) is 14.4. The zero-order valence-corrected chi connectivity index (χ0v) is 18.3. The van der Waals surface area contributed by atoms with E-state index in [1.807, 2.05) is 13.8 Å². The molecule has 0 saturated heterocycles. The Morgan fingerprint density at radius 3 is 2.80 bits per heavy atom. The maximum Gasteiger partial charge on any atom is 0.256 e. The van der Waals surface area contributed by atoms with Crippen LogP contribution in [0.4, 0.5) is 11.5 Å². The van der Waals surface area contributed by atoms with Crippen molar-refractivity contribution in [2.45, 2.75) is 26.3 Å². The summed E-state index contributed by atoms with van der Waals surface area (Å²) in [4.78, 5) is 19.2. The molecule has 0 bridgehead atoms. The monoisotopic (exact) mass is 430 g/mol. The quantitative estimate of drug-likeness (QED) is 0.389. The summed E-state index contributed by atoms with van der Waals surface area (Å²) in [6.07, 6.45) is 4.68. The fourth-order valence-electron chi connectivity index (χ4n) is 2.94. The molecule has 0 saturated carbocycles. The van der Waals surface area contributed by atoms with Crippen LogP contribution in [-0.4, -0.2) is 55.0 Å². The van der Waals surface area contributed by atoms with Gasteiger partial charge in [-0.15, -0.1) is 0 Å². The number of ether oxygens (including phenoxy) is 1. The first kappa shape index (κ1) is 23.2. The molecule has 2 rings (SSSR count). The maximum atomic E-state index is 13.3. The fourth-order valence-corrected chi connectivity index (χ4v) is 3.05. The second kappa shape index (κ2) is 11.2. The number of likely N-dealkylation sites (N-methyl/N-ethyl adjacent to an activating group) is 1. The summed E-state index contributed by atoms with van der Waals surface area (Å²) in [5.41, 5.74) is 4.69. The first-order valence-corrected chi connectivity index (χ1v) is 9.88. The number of hydrogen-bond donors (Lipinski definition) is 3. The Morgan fingerprint density at radius 1 is 1.43 bits per heavy atom.